The highest BCUT2D eigenvalue weighted by Gasteiger charge is 2.00. The van der Waals surface area contributed by atoms with Crippen LogP contribution in [0.1, 0.15) is 17.1 Å². The molecule has 2 nitrogen and oxygen atoms in total. The molecular weight excluding hydrogens is 196 g/mol. The molecule has 0 amide bonds. The predicted octanol–water partition coefficient (Wildman–Crippen LogP) is 2.76. The molecule has 0 aliphatic rings. The number of aromatic nitrogens is 2. The quantitative estimate of drug-likeness (QED) is 0.803. The van der Waals surface area contributed by atoms with Gasteiger partial charge < -0.3 is 4.98 Å². The number of benzene rings is 1. The normalized spacial score (nSPS) is 10.4. The molecule has 0 saturated heterocycles. The van der Waals surface area contributed by atoms with Crippen LogP contribution in [0.25, 0.3) is 0 Å². The van der Waals surface area contributed by atoms with Crippen LogP contribution < -0.4 is 0 Å². The monoisotopic (exact) mass is 205 g/mol. The fraction of sp³-hybridized carbons (Fsp3) is 0.182. The van der Waals surface area contributed by atoms with Gasteiger partial charge in [-0.3, -0.25) is 0 Å². The summed E-state index contributed by atoms with van der Waals surface area (Å²) in [5.74, 6) is 0.891. The molecule has 1 N–H and O–H groups in total. The molecule has 0 aliphatic heterocycles. The Kier molecular flexibility index (Phi) is 2.55. The second-order valence-electron chi connectivity index (χ2n) is 3.22. The minimum Gasteiger partial charge on any atom is -0.345 e. The number of H-pyrrole nitrogens is 1. The second-order valence-corrected chi connectivity index (χ2v) is 3.66. The number of halogens is 1. The maximum absolute atomic E-state index is 5.88. The first-order chi connectivity index (χ1) is 6.74. The number of aryl methyl sites for hydroxylation is 1. The molecule has 0 bridgehead atoms. The van der Waals surface area contributed by atoms with Crippen LogP contribution in [-0.4, -0.2) is 9.97 Å². The summed E-state index contributed by atoms with van der Waals surface area (Å²) >= 11 is 5.88. The highest BCUT2D eigenvalue weighted by molar-refractivity contribution is 6.30. The van der Waals surface area contributed by atoms with Crippen molar-refractivity contribution < 1.29 is 0 Å². The van der Waals surface area contributed by atoms with E-state index in [1.54, 1.807) is 0 Å². The van der Waals surface area contributed by atoms with Gasteiger partial charge in [-0.2, -0.15) is 0 Å². The number of hydrogen-bond donors (Lipinski definition) is 1. The van der Waals surface area contributed by atoms with Crippen LogP contribution in [0.3, 0.4) is 0 Å². The van der Waals surface area contributed by atoms with Gasteiger partial charge in [0.1, 0.15) is 12.0 Å². The van der Waals surface area contributed by atoms with Gasteiger partial charge in [0, 0.05) is 17.1 Å². The zero-order chi connectivity index (χ0) is 9.97. The van der Waals surface area contributed by atoms with Gasteiger partial charge in [-0.15, -0.1) is 0 Å². The fourth-order valence-electron chi connectivity index (χ4n) is 1.36. The third-order valence-electron chi connectivity index (χ3n) is 1.96. The van der Waals surface area contributed by atoms with Crippen LogP contribution in [0.4, 0.5) is 0 Å². The van der Waals surface area contributed by atoms with Gasteiger partial charge in [-0.25, -0.2) is 4.98 Å². The van der Waals surface area contributed by atoms with Gasteiger partial charge in [-0.1, -0.05) is 23.7 Å². The number of rotatable bonds is 2. The Morgan fingerprint density at radius 2 is 2.36 bits per heavy atom. The van der Waals surface area contributed by atoms with E-state index in [0.29, 0.717) is 0 Å². The molecule has 71 valence electrons. The molecule has 1 aromatic heterocycles. The summed E-state index contributed by atoms with van der Waals surface area (Å²) in [5, 5.41) is 0.763. The first-order valence-electron chi connectivity index (χ1n) is 4.41. The summed E-state index contributed by atoms with van der Waals surface area (Å²) in [6, 6.07) is 7.80. The topological polar surface area (TPSA) is 28.7 Å². The van der Waals surface area contributed by atoms with E-state index < -0.39 is 0 Å². The molecule has 0 spiro atoms. The van der Waals surface area contributed by atoms with Crippen LogP contribution in [-0.2, 0) is 6.42 Å². The first-order valence-corrected chi connectivity index (χ1v) is 4.79. The van der Waals surface area contributed by atoms with Crippen LogP contribution in [0.5, 0.6) is 0 Å². The molecule has 0 atom stereocenters. The zero-order valence-electron chi connectivity index (χ0n) is 7.84. The lowest BCUT2D eigenvalue weighted by Gasteiger charge is -1.98. The Hall–Kier alpha value is -1.28. The van der Waals surface area contributed by atoms with Crippen molar-refractivity contribution in [2.45, 2.75) is 13.3 Å². The van der Waals surface area contributed by atoms with Gasteiger partial charge in [0.25, 0.3) is 0 Å². The van der Waals surface area contributed by atoms with Gasteiger partial charge in [0.15, 0.2) is 0 Å². The molecule has 0 fully saturated rings. The molecule has 0 saturated carbocycles. The summed E-state index contributed by atoms with van der Waals surface area (Å²) in [6.07, 6.45) is 3.72. The summed E-state index contributed by atoms with van der Waals surface area (Å²) in [6.45, 7) is 1.91. The summed E-state index contributed by atoms with van der Waals surface area (Å²) in [4.78, 5) is 7.16. The maximum Gasteiger partial charge on any atom is 0.112 e. The molecular formula is C11H10ClN2. The predicted molar refractivity (Wildman–Crippen MR) is 56.4 cm³/mol. The molecule has 14 heavy (non-hydrogen) atoms. The largest absolute Gasteiger partial charge is 0.345 e. The molecule has 0 aliphatic carbocycles. The van der Waals surface area contributed by atoms with Crippen LogP contribution in [0.2, 0.25) is 5.02 Å². The molecule has 3 heteroatoms. The van der Waals surface area contributed by atoms with E-state index >= 15 is 0 Å². The minimum absolute atomic E-state index is 0.763. The van der Waals surface area contributed by atoms with Gasteiger partial charge >= 0.3 is 0 Å². The molecule has 0 unspecified atom stereocenters. The van der Waals surface area contributed by atoms with E-state index in [1.165, 1.54) is 0 Å². The molecule has 2 rings (SSSR count). The summed E-state index contributed by atoms with van der Waals surface area (Å²) in [7, 11) is 0. The van der Waals surface area contributed by atoms with Crippen molar-refractivity contribution >= 4 is 11.6 Å². The van der Waals surface area contributed by atoms with Gasteiger partial charge in [0.05, 0.1) is 0 Å². The van der Waals surface area contributed by atoms with Crippen molar-refractivity contribution in [1.29, 1.82) is 0 Å². The van der Waals surface area contributed by atoms with Crippen molar-refractivity contribution in [3.8, 4) is 0 Å². The lowest BCUT2D eigenvalue weighted by atomic mass is 10.1. The van der Waals surface area contributed by atoms with Crippen molar-refractivity contribution in [2.75, 3.05) is 0 Å². The van der Waals surface area contributed by atoms with E-state index in [0.717, 1.165) is 28.5 Å². The van der Waals surface area contributed by atoms with E-state index in [1.807, 2.05) is 31.2 Å². The third-order valence-corrected chi connectivity index (χ3v) is 2.20. The first kappa shape index (κ1) is 9.28. The summed E-state index contributed by atoms with van der Waals surface area (Å²) < 4.78 is 0. The SMILES string of the molecule is Cc1n[c]c(Cc2cccc(Cl)c2)[nH]1. The Balaban J connectivity index is 2.18. The molecule has 1 aromatic carbocycles. The Morgan fingerprint density at radius 3 is 3.00 bits per heavy atom. The van der Waals surface area contributed by atoms with Crippen LogP contribution >= 0.6 is 11.6 Å². The van der Waals surface area contributed by atoms with Crippen LogP contribution in [0.15, 0.2) is 24.3 Å². The van der Waals surface area contributed by atoms with E-state index in [4.69, 9.17) is 11.6 Å². The standard InChI is InChI=1S/C11H10ClN2/c1-8-13-7-11(14-8)6-9-3-2-4-10(12)5-9/h2-5H,6H2,1H3,(H,13,14). The average molecular weight is 206 g/mol. The third kappa shape index (κ3) is 2.15. The lowest BCUT2D eigenvalue weighted by Crippen LogP contribution is -1.88. The number of hydrogen-bond acceptors (Lipinski definition) is 1. The average Bonchev–Trinajstić information content (AvgIpc) is 2.51. The maximum atomic E-state index is 5.88. The number of aromatic amines is 1. The van der Waals surface area contributed by atoms with Crippen molar-refractivity contribution in [2.24, 2.45) is 0 Å². The van der Waals surface area contributed by atoms with E-state index in [2.05, 4.69) is 16.2 Å². The molecule has 1 radical (unpaired) electrons. The smallest absolute Gasteiger partial charge is 0.112 e. The van der Waals surface area contributed by atoms with E-state index in [9.17, 15) is 0 Å². The Morgan fingerprint density at radius 1 is 1.50 bits per heavy atom. The number of nitrogens with zero attached hydrogens (tertiary/aromatic N) is 1. The van der Waals surface area contributed by atoms with Gasteiger partial charge in [0.2, 0.25) is 0 Å². The van der Waals surface area contributed by atoms with Crippen molar-refractivity contribution in [3.63, 3.8) is 0 Å². The minimum atomic E-state index is 0.763. The summed E-state index contributed by atoms with van der Waals surface area (Å²) in [5.41, 5.74) is 2.15. The fourth-order valence-corrected chi connectivity index (χ4v) is 1.57. The van der Waals surface area contributed by atoms with Crippen molar-refractivity contribution in [1.82, 2.24) is 9.97 Å². The highest BCUT2D eigenvalue weighted by Crippen LogP contribution is 2.13. The molecule has 2 aromatic rings. The van der Waals surface area contributed by atoms with E-state index in [-0.39, 0.29) is 0 Å². The Bertz CT molecular complexity index is 434. The lowest BCUT2D eigenvalue weighted by molar-refractivity contribution is 1.07. The van der Waals surface area contributed by atoms with Crippen molar-refractivity contribution in [3.05, 3.63) is 52.6 Å². The number of nitrogens with one attached hydrogen (secondary N) is 1. The zero-order valence-corrected chi connectivity index (χ0v) is 8.60. The Labute approximate surface area is 88.0 Å². The molecule has 1 heterocycles. The highest BCUT2D eigenvalue weighted by atomic mass is 35.5. The number of imidazole rings is 1. The van der Waals surface area contributed by atoms with Gasteiger partial charge in [-0.05, 0) is 24.6 Å². The van der Waals surface area contributed by atoms with Crippen LogP contribution in [0, 0.1) is 13.1 Å². The second kappa shape index (κ2) is 3.84.